The Morgan fingerprint density at radius 1 is 1.13 bits per heavy atom. The van der Waals surface area contributed by atoms with E-state index in [9.17, 15) is 9.59 Å². The van der Waals surface area contributed by atoms with E-state index in [-0.39, 0.29) is 25.8 Å². The standard InChI is InChI=1S/C10H18O5/c1-8(11)14-6-5-13-7-9(12)15-10(2,3)4/h5-7H2,1-4H3. The third-order valence-corrected chi connectivity index (χ3v) is 1.17. The molecule has 0 bridgehead atoms. The lowest BCUT2D eigenvalue weighted by Gasteiger charge is -2.19. The minimum absolute atomic E-state index is 0.126. The van der Waals surface area contributed by atoms with Crippen molar-refractivity contribution >= 4 is 11.9 Å². The maximum absolute atomic E-state index is 11.1. The summed E-state index contributed by atoms with van der Waals surface area (Å²) >= 11 is 0. The topological polar surface area (TPSA) is 61.8 Å². The van der Waals surface area contributed by atoms with E-state index in [0.717, 1.165) is 0 Å². The van der Waals surface area contributed by atoms with Crippen molar-refractivity contribution in [2.75, 3.05) is 19.8 Å². The van der Waals surface area contributed by atoms with Crippen LogP contribution in [-0.4, -0.2) is 37.4 Å². The Kier molecular flexibility index (Phi) is 5.93. The highest BCUT2D eigenvalue weighted by Gasteiger charge is 2.15. The molecule has 0 fully saturated rings. The Bertz CT molecular complexity index is 216. The van der Waals surface area contributed by atoms with E-state index in [0.29, 0.717) is 0 Å². The van der Waals surface area contributed by atoms with Crippen LogP contribution in [0.25, 0.3) is 0 Å². The van der Waals surface area contributed by atoms with Crippen LogP contribution in [-0.2, 0) is 23.8 Å². The second kappa shape index (κ2) is 6.40. The molecule has 88 valence electrons. The zero-order valence-electron chi connectivity index (χ0n) is 9.66. The normalized spacial score (nSPS) is 10.9. The highest BCUT2D eigenvalue weighted by atomic mass is 16.6. The highest BCUT2D eigenvalue weighted by molar-refractivity contribution is 5.71. The fourth-order valence-corrected chi connectivity index (χ4v) is 0.771. The summed E-state index contributed by atoms with van der Waals surface area (Å²) < 4.78 is 14.5. The molecule has 0 spiro atoms. The van der Waals surface area contributed by atoms with Crippen LogP contribution in [0.5, 0.6) is 0 Å². The number of esters is 2. The summed E-state index contributed by atoms with van der Waals surface area (Å²) in [6.07, 6.45) is 0. The SMILES string of the molecule is CC(=O)OCCOCC(=O)OC(C)(C)C. The van der Waals surface area contributed by atoms with E-state index >= 15 is 0 Å². The zero-order chi connectivity index (χ0) is 11.9. The van der Waals surface area contributed by atoms with Crippen molar-refractivity contribution in [3.63, 3.8) is 0 Å². The van der Waals surface area contributed by atoms with Crippen LogP contribution in [0.3, 0.4) is 0 Å². The summed E-state index contributed by atoms with van der Waals surface area (Å²) in [4.78, 5) is 21.5. The molecule has 0 radical (unpaired) electrons. The lowest BCUT2D eigenvalue weighted by Crippen LogP contribution is -2.27. The van der Waals surface area contributed by atoms with Crippen molar-refractivity contribution in [2.45, 2.75) is 33.3 Å². The van der Waals surface area contributed by atoms with E-state index < -0.39 is 11.6 Å². The molecule has 0 saturated heterocycles. The van der Waals surface area contributed by atoms with E-state index in [2.05, 4.69) is 4.74 Å². The number of hydrogen-bond donors (Lipinski definition) is 0. The third-order valence-electron chi connectivity index (χ3n) is 1.17. The van der Waals surface area contributed by atoms with Gasteiger partial charge in [-0.3, -0.25) is 4.79 Å². The molecule has 0 unspecified atom stereocenters. The number of rotatable bonds is 5. The van der Waals surface area contributed by atoms with Gasteiger partial charge < -0.3 is 14.2 Å². The molecule has 15 heavy (non-hydrogen) atoms. The first-order valence-electron chi connectivity index (χ1n) is 4.74. The molecule has 0 atom stereocenters. The highest BCUT2D eigenvalue weighted by Crippen LogP contribution is 2.06. The summed E-state index contributed by atoms with van der Waals surface area (Å²) in [6, 6.07) is 0. The summed E-state index contributed by atoms with van der Waals surface area (Å²) in [5, 5.41) is 0. The average molecular weight is 218 g/mol. The third kappa shape index (κ3) is 10.8. The molecule has 0 aliphatic rings. The van der Waals surface area contributed by atoms with Gasteiger partial charge in [0.1, 0.15) is 18.8 Å². The zero-order valence-corrected chi connectivity index (χ0v) is 9.66. The smallest absolute Gasteiger partial charge is 0.332 e. The molecular formula is C10H18O5. The molecule has 0 heterocycles. The maximum Gasteiger partial charge on any atom is 0.332 e. The van der Waals surface area contributed by atoms with E-state index in [1.54, 1.807) is 20.8 Å². The van der Waals surface area contributed by atoms with Gasteiger partial charge in [-0.25, -0.2) is 4.79 Å². The van der Waals surface area contributed by atoms with Gasteiger partial charge in [0.15, 0.2) is 0 Å². The van der Waals surface area contributed by atoms with Gasteiger partial charge in [0.25, 0.3) is 0 Å². The van der Waals surface area contributed by atoms with Gasteiger partial charge in [0.05, 0.1) is 6.61 Å². The number of hydrogen-bond acceptors (Lipinski definition) is 5. The summed E-state index contributed by atoms with van der Waals surface area (Å²) in [5.74, 6) is -0.791. The average Bonchev–Trinajstić information content (AvgIpc) is 1.99. The van der Waals surface area contributed by atoms with Crippen LogP contribution in [0, 0.1) is 0 Å². The van der Waals surface area contributed by atoms with Crippen LogP contribution < -0.4 is 0 Å². The molecule has 0 aromatic carbocycles. The molecule has 0 aliphatic heterocycles. The molecule has 0 N–H and O–H groups in total. The van der Waals surface area contributed by atoms with E-state index in [1.165, 1.54) is 6.92 Å². The summed E-state index contributed by atoms with van der Waals surface area (Å²) in [7, 11) is 0. The molecule has 0 aliphatic carbocycles. The summed E-state index contributed by atoms with van der Waals surface area (Å²) in [5.41, 5.74) is -0.504. The number of carbonyl (C=O) groups is 2. The predicted molar refractivity (Wildman–Crippen MR) is 53.3 cm³/mol. The molecule has 0 rings (SSSR count). The van der Waals surface area contributed by atoms with Crippen molar-refractivity contribution in [2.24, 2.45) is 0 Å². The Morgan fingerprint density at radius 2 is 1.73 bits per heavy atom. The number of ether oxygens (including phenoxy) is 3. The fraction of sp³-hybridized carbons (Fsp3) is 0.800. The second-order valence-corrected chi connectivity index (χ2v) is 3.98. The quantitative estimate of drug-likeness (QED) is 0.507. The largest absolute Gasteiger partial charge is 0.463 e. The van der Waals surface area contributed by atoms with Crippen LogP contribution in [0.4, 0.5) is 0 Å². The van der Waals surface area contributed by atoms with Crippen LogP contribution in [0.2, 0.25) is 0 Å². The van der Waals surface area contributed by atoms with Gasteiger partial charge in [-0.1, -0.05) is 0 Å². The first-order valence-corrected chi connectivity index (χ1v) is 4.74. The van der Waals surface area contributed by atoms with E-state index in [1.807, 2.05) is 0 Å². The van der Waals surface area contributed by atoms with Gasteiger partial charge >= 0.3 is 11.9 Å². The minimum atomic E-state index is -0.504. The van der Waals surface area contributed by atoms with Crippen LogP contribution >= 0.6 is 0 Å². The lowest BCUT2D eigenvalue weighted by molar-refractivity contribution is -0.160. The molecule has 0 saturated carbocycles. The first kappa shape index (κ1) is 13.9. The molecule has 5 nitrogen and oxygen atoms in total. The molecule has 0 aromatic heterocycles. The Balaban J connectivity index is 3.44. The van der Waals surface area contributed by atoms with Crippen molar-refractivity contribution in [3.8, 4) is 0 Å². The van der Waals surface area contributed by atoms with Crippen molar-refractivity contribution in [1.82, 2.24) is 0 Å². The van der Waals surface area contributed by atoms with Gasteiger partial charge in [-0.05, 0) is 20.8 Å². The molecule has 0 amide bonds. The van der Waals surface area contributed by atoms with Gasteiger partial charge in [0, 0.05) is 6.92 Å². The second-order valence-electron chi connectivity index (χ2n) is 3.98. The van der Waals surface area contributed by atoms with E-state index in [4.69, 9.17) is 9.47 Å². The van der Waals surface area contributed by atoms with Gasteiger partial charge in [0.2, 0.25) is 0 Å². The minimum Gasteiger partial charge on any atom is -0.463 e. The Morgan fingerprint density at radius 3 is 2.20 bits per heavy atom. The van der Waals surface area contributed by atoms with Crippen molar-refractivity contribution in [3.05, 3.63) is 0 Å². The van der Waals surface area contributed by atoms with Gasteiger partial charge in [-0.2, -0.15) is 0 Å². The lowest BCUT2D eigenvalue weighted by atomic mass is 10.2. The van der Waals surface area contributed by atoms with Gasteiger partial charge in [-0.15, -0.1) is 0 Å². The summed E-state index contributed by atoms with van der Waals surface area (Å²) in [6.45, 7) is 6.88. The monoisotopic (exact) mass is 218 g/mol. The first-order chi connectivity index (χ1) is 6.81. The Labute approximate surface area is 89.7 Å². The maximum atomic E-state index is 11.1. The van der Waals surface area contributed by atoms with Crippen LogP contribution in [0.1, 0.15) is 27.7 Å². The Hall–Kier alpha value is -1.10. The number of carbonyl (C=O) groups excluding carboxylic acids is 2. The van der Waals surface area contributed by atoms with Crippen LogP contribution in [0.15, 0.2) is 0 Å². The van der Waals surface area contributed by atoms with Crippen molar-refractivity contribution in [1.29, 1.82) is 0 Å². The fourth-order valence-electron chi connectivity index (χ4n) is 0.771. The molecular weight excluding hydrogens is 200 g/mol. The van der Waals surface area contributed by atoms with Crippen molar-refractivity contribution < 1.29 is 23.8 Å². The molecule has 0 aromatic rings. The predicted octanol–water partition coefficient (Wildman–Crippen LogP) is 0.908. The molecule has 5 heteroatoms.